The Hall–Kier alpha value is -2.44. The number of sulfonamides is 1. The molecule has 0 atom stereocenters. The molecule has 1 saturated carbocycles. The van der Waals surface area contributed by atoms with Crippen molar-refractivity contribution in [2.24, 2.45) is 5.92 Å². The van der Waals surface area contributed by atoms with Crippen molar-refractivity contribution in [2.45, 2.75) is 43.4 Å². The SMILES string of the molecule is O=C(C1CCC1)N1CCCc2cc(S(=O)(=O)N3CC=C(c4ccccc4)CC3)ccc21. The minimum Gasteiger partial charge on any atom is -0.312 e. The molecule has 6 heteroatoms. The van der Waals surface area contributed by atoms with Gasteiger partial charge < -0.3 is 4.90 Å². The molecule has 2 heterocycles. The zero-order valence-electron chi connectivity index (χ0n) is 17.7. The van der Waals surface area contributed by atoms with Crippen molar-refractivity contribution < 1.29 is 13.2 Å². The lowest BCUT2D eigenvalue weighted by Crippen LogP contribution is -2.42. The third kappa shape index (κ3) is 3.83. The number of carbonyl (C=O) groups excluding carboxylic acids is 1. The molecule has 0 bridgehead atoms. The molecule has 1 aliphatic carbocycles. The smallest absolute Gasteiger partial charge is 0.243 e. The van der Waals surface area contributed by atoms with Gasteiger partial charge >= 0.3 is 0 Å². The van der Waals surface area contributed by atoms with E-state index in [9.17, 15) is 13.2 Å². The molecule has 1 amide bonds. The van der Waals surface area contributed by atoms with Crippen LogP contribution in [0.3, 0.4) is 0 Å². The zero-order valence-corrected chi connectivity index (χ0v) is 18.5. The van der Waals surface area contributed by atoms with E-state index in [0.717, 1.165) is 55.5 Å². The summed E-state index contributed by atoms with van der Waals surface area (Å²) in [6.45, 7) is 1.59. The highest BCUT2D eigenvalue weighted by Crippen LogP contribution is 2.35. The lowest BCUT2D eigenvalue weighted by Gasteiger charge is -2.35. The number of hydrogen-bond donors (Lipinski definition) is 0. The predicted molar refractivity (Wildman–Crippen MR) is 122 cm³/mol. The van der Waals surface area contributed by atoms with Crippen molar-refractivity contribution in [1.29, 1.82) is 0 Å². The summed E-state index contributed by atoms with van der Waals surface area (Å²) in [7, 11) is -3.56. The van der Waals surface area contributed by atoms with Crippen molar-refractivity contribution in [3.63, 3.8) is 0 Å². The number of fused-ring (bicyclic) bond motifs is 1. The highest BCUT2D eigenvalue weighted by atomic mass is 32.2. The van der Waals surface area contributed by atoms with Gasteiger partial charge in [-0.1, -0.05) is 42.8 Å². The van der Waals surface area contributed by atoms with Gasteiger partial charge in [0, 0.05) is 31.2 Å². The average Bonchev–Trinajstić information content (AvgIpc) is 2.77. The molecule has 5 nitrogen and oxygen atoms in total. The number of benzene rings is 2. The molecular formula is C25H28N2O3S. The second-order valence-corrected chi connectivity index (χ2v) is 10.7. The maximum atomic E-state index is 13.3. The van der Waals surface area contributed by atoms with Crippen molar-refractivity contribution in [2.75, 3.05) is 24.5 Å². The first-order chi connectivity index (χ1) is 15.0. The standard InChI is InChI=1S/C25H28N2O3S/c28-25(21-8-4-9-21)27-15-5-10-22-18-23(11-12-24(22)27)31(29,30)26-16-13-20(14-17-26)19-6-2-1-3-7-19/h1-3,6-7,11-13,18,21H,4-5,8-10,14-17H2. The van der Waals surface area contributed by atoms with Gasteiger partial charge in [-0.15, -0.1) is 0 Å². The van der Waals surface area contributed by atoms with E-state index in [2.05, 4.69) is 12.1 Å². The summed E-state index contributed by atoms with van der Waals surface area (Å²) in [5.41, 5.74) is 4.22. The summed E-state index contributed by atoms with van der Waals surface area (Å²) in [4.78, 5) is 15.0. The van der Waals surface area contributed by atoms with Crippen molar-refractivity contribution in [1.82, 2.24) is 4.31 Å². The molecule has 2 aliphatic heterocycles. The highest BCUT2D eigenvalue weighted by molar-refractivity contribution is 7.89. The van der Waals surface area contributed by atoms with Gasteiger partial charge in [-0.2, -0.15) is 4.31 Å². The van der Waals surface area contributed by atoms with Gasteiger partial charge in [0.15, 0.2) is 0 Å². The van der Waals surface area contributed by atoms with Crippen molar-refractivity contribution in [3.05, 3.63) is 65.7 Å². The third-order valence-electron chi connectivity index (χ3n) is 6.84. The topological polar surface area (TPSA) is 57.7 Å². The predicted octanol–water partition coefficient (Wildman–Crippen LogP) is 4.24. The fraction of sp³-hybridized carbons (Fsp3) is 0.400. The molecule has 0 unspecified atom stereocenters. The number of hydrogen-bond acceptors (Lipinski definition) is 3. The van der Waals surface area contributed by atoms with E-state index in [-0.39, 0.29) is 11.8 Å². The summed E-state index contributed by atoms with van der Waals surface area (Å²) in [6, 6.07) is 15.4. The fourth-order valence-electron chi connectivity index (χ4n) is 4.77. The number of amides is 1. The molecule has 2 aromatic rings. The van der Waals surface area contributed by atoms with Crippen LogP contribution in [0.25, 0.3) is 5.57 Å². The van der Waals surface area contributed by atoms with E-state index in [1.54, 1.807) is 16.4 Å². The van der Waals surface area contributed by atoms with Crippen LogP contribution in [0.1, 0.15) is 43.2 Å². The van der Waals surface area contributed by atoms with Crippen LogP contribution in [0.4, 0.5) is 5.69 Å². The Bertz CT molecular complexity index is 1120. The third-order valence-corrected chi connectivity index (χ3v) is 8.71. The van der Waals surface area contributed by atoms with Gasteiger partial charge in [0.1, 0.15) is 0 Å². The second kappa shape index (κ2) is 8.24. The van der Waals surface area contributed by atoms with Crippen LogP contribution in [0.15, 0.2) is 59.5 Å². The monoisotopic (exact) mass is 436 g/mol. The number of anilines is 1. The van der Waals surface area contributed by atoms with E-state index in [1.165, 1.54) is 5.57 Å². The minimum absolute atomic E-state index is 0.147. The van der Waals surface area contributed by atoms with Gasteiger partial charge in [-0.05, 0) is 67.0 Å². The summed E-state index contributed by atoms with van der Waals surface area (Å²) in [5, 5.41) is 0. The zero-order chi connectivity index (χ0) is 21.4. The van der Waals surface area contributed by atoms with Crippen LogP contribution in [-0.2, 0) is 21.2 Å². The normalized spacial score (nSPS) is 20.0. The number of carbonyl (C=O) groups is 1. The molecule has 0 N–H and O–H groups in total. The molecule has 0 aromatic heterocycles. The Balaban J connectivity index is 1.36. The van der Waals surface area contributed by atoms with Crippen LogP contribution >= 0.6 is 0 Å². The van der Waals surface area contributed by atoms with Gasteiger partial charge in [0.05, 0.1) is 4.90 Å². The van der Waals surface area contributed by atoms with E-state index in [4.69, 9.17) is 0 Å². The minimum atomic E-state index is -3.56. The Labute approximate surface area is 184 Å². The lowest BCUT2D eigenvalue weighted by molar-refractivity contribution is -0.124. The molecule has 0 radical (unpaired) electrons. The molecule has 5 rings (SSSR count). The van der Waals surface area contributed by atoms with Gasteiger partial charge in [-0.3, -0.25) is 4.79 Å². The van der Waals surface area contributed by atoms with Gasteiger partial charge in [0.2, 0.25) is 15.9 Å². The van der Waals surface area contributed by atoms with Crippen LogP contribution < -0.4 is 4.90 Å². The first-order valence-corrected chi connectivity index (χ1v) is 12.7. The van der Waals surface area contributed by atoms with Crippen LogP contribution in [-0.4, -0.2) is 38.3 Å². The van der Waals surface area contributed by atoms with Gasteiger partial charge in [-0.25, -0.2) is 8.42 Å². The maximum Gasteiger partial charge on any atom is 0.243 e. The molecule has 0 spiro atoms. The molecule has 3 aliphatic rings. The Morgan fingerprint density at radius 3 is 2.42 bits per heavy atom. The largest absolute Gasteiger partial charge is 0.312 e. The molecular weight excluding hydrogens is 408 g/mol. The van der Waals surface area contributed by atoms with E-state index in [1.807, 2.05) is 35.2 Å². The Morgan fingerprint density at radius 1 is 0.935 bits per heavy atom. The van der Waals surface area contributed by atoms with E-state index in [0.29, 0.717) is 24.4 Å². The van der Waals surface area contributed by atoms with Crippen molar-refractivity contribution in [3.8, 4) is 0 Å². The second-order valence-electron chi connectivity index (χ2n) is 8.72. The average molecular weight is 437 g/mol. The highest BCUT2D eigenvalue weighted by Gasteiger charge is 2.33. The quantitative estimate of drug-likeness (QED) is 0.720. The molecule has 2 aromatic carbocycles. The summed E-state index contributed by atoms with van der Waals surface area (Å²) >= 11 is 0. The molecule has 31 heavy (non-hydrogen) atoms. The van der Waals surface area contributed by atoms with E-state index >= 15 is 0 Å². The summed E-state index contributed by atoms with van der Waals surface area (Å²) in [5.74, 6) is 0.353. The number of nitrogens with zero attached hydrogens (tertiary/aromatic N) is 2. The Kier molecular flexibility index (Phi) is 5.44. The number of rotatable bonds is 4. The maximum absolute atomic E-state index is 13.3. The lowest BCUT2D eigenvalue weighted by atomic mass is 9.83. The first kappa shape index (κ1) is 20.5. The molecule has 0 saturated heterocycles. The van der Waals surface area contributed by atoms with Crippen LogP contribution in [0.2, 0.25) is 0 Å². The number of aryl methyl sites for hydroxylation is 1. The fourth-order valence-corrected chi connectivity index (χ4v) is 6.20. The Morgan fingerprint density at radius 2 is 1.74 bits per heavy atom. The molecule has 162 valence electrons. The van der Waals surface area contributed by atoms with Crippen LogP contribution in [0, 0.1) is 5.92 Å². The molecule has 1 fully saturated rings. The van der Waals surface area contributed by atoms with Gasteiger partial charge in [0.25, 0.3) is 0 Å². The summed E-state index contributed by atoms with van der Waals surface area (Å²) in [6.07, 6.45) is 7.50. The van der Waals surface area contributed by atoms with E-state index < -0.39 is 10.0 Å². The summed E-state index contributed by atoms with van der Waals surface area (Å²) < 4.78 is 28.2. The van der Waals surface area contributed by atoms with Crippen LogP contribution in [0.5, 0.6) is 0 Å². The van der Waals surface area contributed by atoms with Crippen molar-refractivity contribution >= 4 is 27.2 Å². The first-order valence-electron chi connectivity index (χ1n) is 11.2.